The summed E-state index contributed by atoms with van der Waals surface area (Å²) in [5.74, 6) is -0.437. The molecule has 1 unspecified atom stereocenters. The van der Waals surface area contributed by atoms with Crippen molar-refractivity contribution in [3.8, 4) is 0 Å². The molecule has 2 nitrogen and oxygen atoms in total. The summed E-state index contributed by atoms with van der Waals surface area (Å²) in [6.07, 6.45) is 4.64. The Balaban J connectivity index is 2.31. The first-order valence-corrected chi connectivity index (χ1v) is 5.89. The van der Waals surface area contributed by atoms with Crippen molar-refractivity contribution in [2.45, 2.75) is 18.6 Å². The lowest BCUT2D eigenvalue weighted by Crippen LogP contribution is -2.07. The van der Waals surface area contributed by atoms with Gasteiger partial charge in [0.1, 0.15) is 0 Å². The zero-order valence-electron chi connectivity index (χ0n) is 8.46. The molecule has 0 radical (unpaired) electrons. The number of halogens is 1. The van der Waals surface area contributed by atoms with E-state index in [0.29, 0.717) is 5.25 Å². The third-order valence-electron chi connectivity index (χ3n) is 2.01. The van der Waals surface area contributed by atoms with Gasteiger partial charge in [-0.05, 0) is 18.7 Å². The second kappa shape index (κ2) is 5.86. The maximum absolute atomic E-state index is 12.7. The van der Waals surface area contributed by atoms with Crippen LogP contribution in [-0.2, 0) is 0 Å². The molecule has 0 aromatic carbocycles. The average Bonchev–Trinajstić information content (AvgIpc) is 2.17. The van der Waals surface area contributed by atoms with Crippen LogP contribution in [-0.4, -0.2) is 23.0 Å². The molecular weight excluding hydrogens is 199 g/mol. The number of hydrogen-bond acceptors (Lipinski definition) is 3. The van der Waals surface area contributed by atoms with Crippen LogP contribution in [0.5, 0.6) is 0 Å². The van der Waals surface area contributed by atoms with Gasteiger partial charge in [0, 0.05) is 29.7 Å². The number of nitrogens with one attached hydrogen (secondary N) is 1. The number of pyridine rings is 1. The Morgan fingerprint density at radius 2 is 2.43 bits per heavy atom. The van der Waals surface area contributed by atoms with E-state index in [-0.39, 0.29) is 0 Å². The van der Waals surface area contributed by atoms with E-state index in [1.165, 1.54) is 12.3 Å². The molecule has 1 heterocycles. The van der Waals surface area contributed by atoms with Crippen LogP contribution in [0.15, 0.2) is 18.3 Å². The number of aromatic nitrogens is 1. The van der Waals surface area contributed by atoms with E-state index in [2.05, 4.69) is 23.5 Å². The van der Waals surface area contributed by atoms with Gasteiger partial charge in [0.2, 0.25) is 5.95 Å². The van der Waals surface area contributed by atoms with Crippen molar-refractivity contribution < 1.29 is 4.39 Å². The van der Waals surface area contributed by atoms with Gasteiger partial charge >= 0.3 is 0 Å². The Morgan fingerprint density at radius 3 is 3.07 bits per heavy atom. The fourth-order valence-corrected chi connectivity index (χ4v) is 1.40. The van der Waals surface area contributed by atoms with E-state index in [1.54, 1.807) is 6.07 Å². The van der Waals surface area contributed by atoms with E-state index in [0.717, 1.165) is 18.7 Å². The second-order valence-electron chi connectivity index (χ2n) is 3.13. The maximum atomic E-state index is 12.7. The molecule has 78 valence electrons. The summed E-state index contributed by atoms with van der Waals surface area (Å²) in [4.78, 5) is 3.49. The van der Waals surface area contributed by atoms with Gasteiger partial charge in [-0.3, -0.25) is 0 Å². The summed E-state index contributed by atoms with van der Waals surface area (Å²) >= 11 is 1.84. The maximum Gasteiger partial charge on any atom is 0.214 e. The van der Waals surface area contributed by atoms with E-state index >= 15 is 0 Å². The molecule has 1 N–H and O–H groups in total. The molecule has 0 fully saturated rings. The van der Waals surface area contributed by atoms with Gasteiger partial charge in [0.05, 0.1) is 0 Å². The van der Waals surface area contributed by atoms with Crippen LogP contribution < -0.4 is 5.32 Å². The van der Waals surface area contributed by atoms with Gasteiger partial charge in [0.25, 0.3) is 0 Å². The average molecular weight is 214 g/mol. The molecule has 14 heavy (non-hydrogen) atoms. The smallest absolute Gasteiger partial charge is 0.214 e. The van der Waals surface area contributed by atoms with Crippen LogP contribution >= 0.6 is 11.8 Å². The van der Waals surface area contributed by atoms with Crippen LogP contribution in [0, 0.1) is 5.95 Å². The highest BCUT2D eigenvalue weighted by Gasteiger charge is 1.99. The van der Waals surface area contributed by atoms with Gasteiger partial charge in [-0.2, -0.15) is 16.2 Å². The Morgan fingerprint density at radius 1 is 1.64 bits per heavy atom. The van der Waals surface area contributed by atoms with Crippen molar-refractivity contribution in [2.75, 3.05) is 18.1 Å². The normalized spacial score (nSPS) is 12.5. The molecule has 0 saturated heterocycles. The summed E-state index contributed by atoms with van der Waals surface area (Å²) in [7, 11) is 0. The Hall–Kier alpha value is -0.770. The van der Waals surface area contributed by atoms with Crippen molar-refractivity contribution in [3.05, 3.63) is 24.3 Å². The second-order valence-corrected chi connectivity index (χ2v) is 4.41. The Bertz CT molecular complexity index is 281. The van der Waals surface area contributed by atoms with Gasteiger partial charge in [0.15, 0.2) is 0 Å². The highest BCUT2D eigenvalue weighted by molar-refractivity contribution is 7.99. The molecule has 0 aliphatic carbocycles. The Kier molecular flexibility index (Phi) is 4.73. The van der Waals surface area contributed by atoms with E-state index in [1.807, 2.05) is 11.8 Å². The standard InChI is InChI=1S/C10H15FN2S/c1-8(14-2)3-5-12-9-4-6-13-10(11)7-9/h4,6-8H,3,5H2,1-2H3,(H,12,13). The van der Waals surface area contributed by atoms with Gasteiger partial charge in [-0.15, -0.1) is 0 Å². The minimum absolute atomic E-state index is 0.437. The molecule has 1 aromatic heterocycles. The minimum atomic E-state index is -0.437. The molecule has 0 aliphatic heterocycles. The van der Waals surface area contributed by atoms with Crippen LogP contribution in [0.1, 0.15) is 13.3 Å². The molecule has 0 amide bonds. The molecule has 0 aliphatic rings. The molecule has 0 spiro atoms. The van der Waals surface area contributed by atoms with Crippen molar-refractivity contribution in [2.24, 2.45) is 0 Å². The van der Waals surface area contributed by atoms with Gasteiger partial charge < -0.3 is 5.32 Å². The topological polar surface area (TPSA) is 24.9 Å². The number of rotatable bonds is 5. The van der Waals surface area contributed by atoms with Crippen molar-refractivity contribution >= 4 is 17.4 Å². The van der Waals surface area contributed by atoms with E-state index in [9.17, 15) is 4.39 Å². The van der Waals surface area contributed by atoms with Gasteiger partial charge in [-0.25, -0.2) is 4.98 Å². The summed E-state index contributed by atoms with van der Waals surface area (Å²) < 4.78 is 12.7. The third kappa shape index (κ3) is 3.96. The predicted octanol–water partition coefficient (Wildman–Crippen LogP) is 2.77. The first-order chi connectivity index (χ1) is 6.72. The largest absolute Gasteiger partial charge is 0.385 e. The zero-order valence-corrected chi connectivity index (χ0v) is 9.27. The molecule has 1 atom stereocenters. The first kappa shape index (κ1) is 11.3. The third-order valence-corrected chi connectivity index (χ3v) is 3.05. The predicted molar refractivity (Wildman–Crippen MR) is 60.3 cm³/mol. The zero-order chi connectivity index (χ0) is 10.4. The first-order valence-electron chi connectivity index (χ1n) is 4.60. The van der Waals surface area contributed by atoms with Crippen LogP contribution in [0.25, 0.3) is 0 Å². The van der Waals surface area contributed by atoms with Gasteiger partial charge in [-0.1, -0.05) is 6.92 Å². The molecule has 0 saturated carbocycles. The molecule has 4 heteroatoms. The van der Waals surface area contributed by atoms with E-state index < -0.39 is 5.95 Å². The van der Waals surface area contributed by atoms with E-state index in [4.69, 9.17) is 0 Å². The van der Waals surface area contributed by atoms with Crippen LogP contribution in [0.3, 0.4) is 0 Å². The highest BCUT2D eigenvalue weighted by atomic mass is 32.2. The number of hydrogen-bond donors (Lipinski definition) is 1. The number of nitrogens with zero attached hydrogens (tertiary/aromatic N) is 1. The quantitative estimate of drug-likeness (QED) is 0.763. The highest BCUT2D eigenvalue weighted by Crippen LogP contribution is 2.11. The lowest BCUT2D eigenvalue weighted by atomic mass is 10.3. The van der Waals surface area contributed by atoms with Crippen molar-refractivity contribution in [1.82, 2.24) is 4.98 Å². The summed E-state index contributed by atoms with van der Waals surface area (Å²) in [5, 5.41) is 3.79. The minimum Gasteiger partial charge on any atom is -0.385 e. The Labute approximate surface area is 88.3 Å². The lowest BCUT2D eigenvalue weighted by molar-refractivity contribution is 0.584. The molecule has 0 bridgehead atoms. The lowest BCUT2D eigenvalue weighted by Gasteiger charge is -2.09. The fraction of sp³-hybridized carbons (Fsp3) is 0.500. The molecular formula is C10H15FN2S. The van der Waals surface area contributed by atoms with Crippen LogP contribution in [0.4, 0.5) is 10.1 Å². The molecule has 1 aromatic rings. The van der Waals surface area contributed by atoms with Crippen molar-refractivity contribution in [1.29, 1.82) is 0 Å². The fourth-order valence-electron chi connectivity index (χ4n) is 1.05. The number of anilines is 1. The number of thioether (sulfide) groups is 1. The summed E-state index contributed by atoms with van der Waals surface area (Å²) in [6, 6.07) is 3.18. The van der Waals surface area contributed by atoms with Crippen LogP contribution in [0.2, 0.25) is 0 Å². The summed E-state index contributed by atoms with van der Waals surface area (Å²) in [5.41, 5.74) is 0.797. The monoisotopic (exact) mass is 214 g/mol. The summed E-state index contributed by atoms with van der Waals surface area (Å²) in [6.45, 7) is 3.05. The SMILES string of the molecule is CSC(C)CCNc1ccnc(F)c1. The molecule has 1 rings (SSSR count). The van der Waals surface area contributed by atoms with Crippen molar-refractivity contribution in [3.63, 3.8) is 0 Å².